The summed E-state index contributed by atoms with van der Waals surface area (Å²) in [7, 11) is 0. The number of carbonyl (C=O) groups excluding carboxylic acids is 1. The summed E-state index contributed by atoms with van der Waals surface area (Å²) < 4.78 is 0. The molecule has 88 valence electrons. The maximum atomic E-state index is 11.9. The van der Waals surface area contributed by atoms with Crippen molar-refractivity contribution in [1.29, 1.82) is 0 Å². The molecular formula is C10H17N5O. The molecule has 0 saturated carbocycles. The molecule has 16 heavy (non-hydrogen) atoms. The minimum Gasteiger partial charge on any atom is -0.336 e. The molecule has 0 atom stereocenters. The molecule has 0 aliphatic carbocycles. The van der Waals surface area contributed by atoms with E-state index in [-0.39, 0.29) is 5.91 Å². The van der Waals surface area contributed by atoms with Crippen LogP contribution in [0, 0.1) is 0 Å². The minimum absolute atomic E-state index is 0.0566. The lowest BCUT2D eigenvalue weighted by atomic mass is 10.2. The molecular weight excluding hydrogens is 206 g/mol. The van der Waals surface area contributed by atoms with Gasteiger partial charge >= 0.3 is 0 Å². The van der Waals surface area contributed by atoms with Crippen molar-refractivity contribution < 1.29 is 4.79 Å². The van der Waals surface area contributed by atoms with Crippen LogP contribution in [0.4, 0.5) is 0 Å². The molecule has 0 bridgehead atoms. The van der Waals surface area contributed by atoms with Gasteiger partial charge in [-0.1, -0.05) is 0 Å². The average molecular weight is 223 g/mol. The fourth-order valence-electron chi connectivity index (χ4n) is 1.91. The molecule has 2 heterocycles. The zero-order valence-corrected chi connectivity index (χ0v) is 9.22. The van der Waals surface area contributed by atoms with E-state index in [1.807, 2.05) is 4.90 Å². The fraction of sp³-hybridized carbons (Fsp3) is 0.600. The van der Waals surface area contributed by atoms with Crippen LogP contribution in [0.5, 0.6) is 0 Å². The van der Waals surface area contributed by atoms with E-state index in [4.69, 9.17) is 5.73 Å². The van der Waals surface area contributed by atoms with Gasteiger partial charge in [0.25, 0.3) is 5.91 Å². The first kappa shape index (κ1) is 11.1. The SMILES string of the molecule is NCCN1CCN(C(=O)c2cn[nH]c2)CC1. The highest BCUT2D eigenvalue weighted by molar-refractivity contribution is 5.93. The molecule has 1 aliphatic rings. The van der Waals surface area contributed by atoms with Crippen LogP contribution < -0.4 is 5.73 Å². The molecule has 6 heteroatoms. The summed E-state index contributed by atoms with van der Waals surface area (Å²) in [6.45, 7) is 4.93. The Balaban J connectivity index is 1.87. The maximum Gasteiger partial charge on any atom is 0.257 e. The van der Waals surface area contributed by atoms with Gasteiger partial charge in [0.2, 0.25) is 0 Å². The number of amides is 1. The summed E-state index contributed by atoms with van der Waals surface area (Å²) in [5.74, 6) is 0.0566. The van der Waals surface area contributed by atoms with Crippen LogP contribution in [0.25, 0.3) is 0 Å². The fourth-order valence-corrected chi connectivity index (χ4v) is 1.91. The average Bonchev–Trinajstić information content (AvgIpc) is 2.83. The number of piperazine rings is 1. The topological polar surface area (TPSA) is 78.2 Å². The quantitative estimate of drug-likeness (QED) is 0.698. The zero-order valence-electron chi connectivity index (χ0n) is 9.22. The number of nitrogens with one attached hydrogen (secondary N) is 1. The van der Waals surface area contributed by atoms with Crippen LogP contribution in [0.1, 0.15) is 10.4 Å². The van der Waals surface area contributed by atoms with Gasteiger partial charge in [-0.2, -0.15) is 5.10 Å². The molecule has 1 fully saturated rings. The van der Waals surface area contributed by atoms with E-state index in [1.165, 1.54) is 0 Å². The molecule has 6 nitrogen and oxygen atoms in total. The second kappa shape index (κ2) is 5.09. The Morgan fingerprint density at radius 3 is 2.75 bits per heavy atom. The van der Waals surface area contributed by atoms with Crippen molar-refractivity contribution in [2.75, 3.05) is 39.3 Å². The lowest BCUT2D eigenvalue weighted by Gasteiger charge is -2.34. The minimum atomic E-state index is 0.0566. The predicted octanol–water partition coefficient (Wildman–Crippen LogP) is -0.874. The number of aromatic amines is 1. The van der Waals surface area contributed by atoms with Crippen LogP contribution in [0.2, 0.25) is 0 Å². The Hall–Kier alpha value is -1.40. The molecule has 0 radical (unpaired) electrons. The molecule has 1 aliphatic heterocycles. The highest BCUT2D eigenvalue weighted by Crippen LogP contribution is 2.06. The lowest BCUT2D eigenvalue weighted by Crippen LogP contribution is -2.49. The molecule has 1 aromatic rings. The molecule has 1 amide bonds. The Kier molecular flexibility index (Phi) is 3.53. The highest BCUT2D eigenvalue weighted by Gasteiger charge is 2.21. The number of hydrogen-bond acceptors (Lipinski definition) is 4. The van der Waals surface area contributed by atoms with Crippen LogP contribution in [-0.4, -0.2) is 65.2 Å². The number of hydrogen-bond donors (Lipinski definition) is 2. The maximum absolute atomic E-state index is 11.9. The van der Waals surface area contributed by atoms with E-state index in [9.17, 15) is 4.79 Å². The van der Waals surface area contributed by atoms with Crippen molar-refractivity contribution in [2.24, 2.45) is 5.73 Å². The smallest absolute Gasteiger partial charge is 0.257 e. The number of H-pyrrole nitrogens is 1. The molecule has 0 spiro atoms. The second-order valence-corrected chi connectivity index (χ2v) is 3.91. The van der Waals surface area contributed by atoms with E-state index in [2.05, 4.69) is 15.1 Å². The summed E-state index contributed by atoms with van der Waals surface area (Å²) >= 11 is 0. The standard InChI is InChI=1S/C10H17N5O/c11-1-2-14-3-5-15(6-4-14)10(16)9-7-12-13-8-9/h7-8H,1-6,11H2,(H,12,13). The number of aromatic nitrogens is 2. The van der Waals surface area contributed by atoms with Crippen LogP contribution in [0.3, 0.4) is 0 Å². The second-order valence-electron chi connectivity index (χ2n) is 3.91. The summed E-state index contributed by atoms with van der Waals surface area (Å²) in [5, 5.41) is 6.44. The van der Waals surface area contributed by atoms with Crippen molar-refractivity contribution in [1.82, 2.24) is 20.0 Å². The summed E-state index contributed by atoms with van der Waals surface area (Å²) in [6, 6.07) is 0. The van der Waals surface area contributed by atoms with Gasteiger partial charge in [-0.3, -0.25) is 14.8 Å². The lowest BCUT2D eigenvalue weighted by molar-refractivity contribution is 0.0641. The van der Waals surface area contributed by atoms with Crippen LogP contribution >= 0.6 is 0 Å². The van der Waals surface area contributed by atoms with Gasteiger partial charge in [0.1, 0.15) is 0 Å². The van der Waals surface area contributed by atoms with Crippen LogP contribution in [-0.2, 0) is 0 Å². The Labute approximate surface area is 94.4 Å². The third kappa shape index (κ3) is 2.40. The van der Waals surface area contributed by atoms with Gasteiger partial charge < -0.3 is 10.6 Å². The highest BCUT2D eigenvalue weighted by atomic mass is 16.2. The monoisotopic (exact) mass is 223 g/mol. The number of carbonyl (C=O) groups is 1. The predicted molar refractivity (Wildman–Crippen MR) is 60.0 cm³/mol. The molecule has 3 N–H and O–H groups in total. The molecule has 1 aromatic heterocycles. The number of rotatable bonds is 3. The van der Waals surface area contributed by atoms with E-state index in [1.54, 1.807) is 12.4 Å². The summed E-state index contributed by atoms with van der Waals surface area (Å²) in [6.07, 6.45) is 3.20. The van der Waals surface area contributed by atoms with E-state index < -0.39 is 0 Å². The molecule has 2 rings (SSSR count). The first-order valence-electron chi connectivity index (χ1n) is 5.51. The van der Waals surface area contributed by atoms with Gasteiger partial charge in [-0.15, -0.1) is 0 Å². The molecule has 1 saturated heterocycles. The first-order valence-corrected chi connectivity index (χ1v) is 5.51. The Bertz CT molecular complexity index is 329. The summed E-state index contributed by atoms with van der Waals surface area (Å²) in [5.41, 5.74) is 6.13. The van der Waals surface area contributed by atoms with E-state index in [0.717, 1.165) is 32.7 Å². The number of nitrogens with zero attached hydrogens (tertiary/aromatic N) is 3. The van der Waals surface area contributed by atoms with Gasteiger partial charge in [0, 0.05) is 45.5 Å². The Morgan fingerprint density at radius 2 is 2.19 bits per heavy atom. The van der Waals surface area contributed by atoms with Gasteiger partial charge in [0.15, 0.2) is 0 Å². The third-order valence-electron chi connectivity index (χ3n) is 2.85. The van der Waals surface area contributed by atoms with Crippen LogP contribution in [0.15, 0.2) is 12.4 Å². The number of nitrogens with two attached hydrogens (primary N) is 1. The normalized spacial score (nSPS) is 17.7. The Morgan fingerprint density at radius 1 is 1.44 bits per heavy atom. The molecule has 0 unspecified atom stereocenters. The van der Waals surface area contributed by atoms with Crippen molar-refractivity contribution in [3.05, 3.63) is 18.0 Å². The van der Waals surface area contributed by atoms with Crippen molar-refractivity contribution in [3.63, 3.8) is 0 Å². The van der Waals surface area contributed by atoms with Gasteiger partial charge in [-0.25, -0.2) is 0 Å². The van der Waals surface area contributed by atoms with Crippen molar-refractivity contribution in [2.45, 2.75) is 0 Å². The van der Waals surface area contributed by atoms with E-state index >= 15 is 0 Å². The first-order chi connectivity index (χ1) is 7.81. The van der Waals surface area contributed by atoms with Gasteiger partial charge in [0.05, 0.1) is 11.8 Å². The largest absolute Gasteiger partial charge is 0.336 e. The van der Waals surface area contributed by atoms with Crippen molar-refractivity contribution in [3.8, 4) is 0 Å². The third-order valence-corrected chi connectivity index (χ3v) is 2.85. The summed E-state index contributed by atoms with van der Waals surface area (Å²) in [4.78, 5) is 16.1. The van der Waals surface area contributed by atoms with E-state index in [0.29, 0.717) is 12.1 Å². The zero-order chi connectivity index (χ0) is 11.4. The van der Waals surface area contributed by atoms with Crippen molar-refractivity contribution >= 4 is 5.91 Å². The molecule has 0 aromatic carbocycles. The van der Waals surface area contributed by atoms with Gasteiger partial charge in [-0.05, 0) is 0 Å².